The minimum Gasteiger partial charge on any atom is -0.207 e. The van der Waals surface area contributed by atoms with Gasteiger partial charge >= 0.3 is 0 Å². The average molecular weight is 388 g/mol. The van der Waals surface area contributed by atoms with Crippen LogP contribution in [0, 0.1) is 0 Å². The van der Waals surface area contributed by atoms with Gasteiger partial charge in [0.25, 0.3) is 0 Å². The second-order valence-corrected chi connectivity index (χ2v) is 8.50. The summed E-state index contributed by atoms with van der Waals surface area (Å²) in [5.74, 6) is 0. The lowest BCUT2D eigenvalue weighted by atomic mass is 10.00. The lowest BCUT2D eigenvalue weighted by Crippen LogP contribution is -2.30. The number of nitrogens with one attached hydrogen (secondary N) is 1. The molecule has 4 aromatic carbocycles. The molecule has 0 radical (unpaired) electrons. The Bertz CT molecular complexity index is 1170. The van der Waals surface area contributed by atoms with Crippen molar-refractivity contribution in [1.29, 1.82) is 0 Å². The SMILES string of the molecule is O=S(=O)(N[C@H](Cc1ccccc1)c1ccccc1)c1ccc2ccccc2c1. The van der Waals surface area contributed by atoms with E-state index in [-0.39, 0.29) is 10.9 Å². The molecule has 0 aliphatic carbocycles. The molecule has 140 valence electrons. The molecule has 3 nitrogen and oxygen atoms in total. The van der Waals surface area contributed by atoms with Gasteiger partial charge < -0.3 is 0 Å². The average Bonchev–Trinajstić information content (AvgIpc) is 2.74. The summed E-state index contributed by atoms with van der Waals surface area (Å²) in [6.45, 7) is 0. The zero-order chi connectivity index (χ0) is 19.4. The highest BCUT2D eigenvalue weighted by atomic mass is 32.2. The van der Waals surface area contributed by atoms with Crippen LogP contribution in [0.3, 0.4) is 0 Å². The number of hydrogen-bond donors (Lipinski definition) is 1. The lowest BCUT2D eigenvalue weighted by Gasteiger charge is -2.20. The standard InChI is InChI=1S/C24H21NO2S/c26-28(27,23-16-15-20-11-7-8-14-22(20)18-23)25-24(21-12-5-2-6-13-21)17-19-9-3-1-4-10-19/h1-16,18,24-25H,17H2/t24-/m1/s1. The zero-order valence-electron chi connectivity index (χ0n) is 15.3. The van der Waals surface area contributed by atoms with Crippen molar-refractivity contribution in [3.05, 3.63) is 114 Å². The number of sulfonamides is 1. The molecule has 4 heteroatoms. The summed E-state index contributed by atoms with van der Waals surface area (Å²) in [5, 5.41) is 1.93. The second-order valence-electron chi connectivity index (χ2n) is 6.78. The van der Waals surface area contributed by atoms with Crippen LogP contribution in [0.15, 0.2) is 108 Å². The summed E-state index contributed by atoms with van der Waals surface area (Å²) in [4.78, 5) is 0.278. The highest BCUT2D eigenvalue weighted by Gasteiger charge is 2.22. The maximum Gasteiger partial charge on any atom is 0.241 e. The van der Waals surface area contributed by atoms with Gasteiger partial charge in [0, 0.05) is 0 Å². The van der Waals surface area contributed by atoms with Gasteiger partial charge in [-0.05, 0) is 40.5 Å². The van der Waals surface area contributed by atoms with Gasteiger partial charge in [-0.25, -0.2) is 13.1 Å². The van der Waals surface area contributed by atoms with Crippen LogP contribution >= 0.6 is 0 Å². The van der Waals surface area contributed by atoms with Crippen LogP contribution in [0.2, 0.25) is 0 Å². The van der Waals surface area contributed by atoms with Gasteiger partial charge in [-0.2, -0.15) is 0 Å². The van der Waals surface area contributed by atoms with E-state index in [2.05, 4.69) is 4.72 Å². The van der Waals surface area contributed by atoms with Crippen LogP contribution < -0.4 is 4.72 Å². The first-order valence-corrected chi connectivity index (χ1v) is 10.7. The topological polar surface area (TPSA) is 46.2 Å². The minimum absolute atomic E-state index is 0.278. The summed E-state index contributed by atoms with van der Waals surface area (Å²) < 4.78 is 29.2. The molecule has 1 atom stereocenters. The van der Waals surface area contributed by atoms with E-state index >= 15 is 0 Å². The van der Waals surface area contributed by atoms with Crippen LogP contribution in [-0.4, -0.2) is 8.42 Å². The molecule has 0 bridgehead atoms. The Morgan fingerprint density at radius 2 is 1.29 bits per heavy atom. The van der Waals surface area contributed by atoms with Crippen molar-refractivity contribution in [1.82, 2.24) is 4.72 Å². The maximum atomic E-state index is 13.1. The first kappa shape index (κ1) is 18.4. The summed E-state index contributed by atoms with van der Waals surface area (Å²) in [6, 6.07) is 32.3. The second kappa shape index (κ2) is 7.97. The molecule has 0 aliphatic heterocycles. The molecule has 4 aromatic rings. The fraction of sp³-hybridized carbons (Fsp3) is 0.0833. The van der Waals surface area contributed by atoms with Crippen LogP contribution in [0.4, 0.5) is 0 Å². The summed E-state index contributed by atoms with van der Waals surface area (Å²) in [6.07, 6.45) is 0.581. The van der Waals surface area contributed by atoms with E-state index in [1.54, 1.807) is 12.1 Å². The smallest absolute Gasteiger partial charge is 0.207 e. The Morgan fingerprint density at radius 1 is 0.679 bits per heavy atom. The summed E-state index contributed by atoms with van der Waals surface area (Å²) in [5.41, 5.74) is 2.02. The molecule has 1 N–H and O–H groups in total. The van der Waals surface area contributed by atoms with Gasteiger partial charge in [0.1, 0.15) is 0 Å². The van der Waals surface area contributed by atoms with Gasteiger partial charge in [-0.3, -0.25) is 0 Å². The highest BCUT2D eigenvalue weighted by molar-refractivity contribution is 7.89. The third-order valence-corrected chi connectivity index (χ3v) is 6.28. The van der Waals surface area contributed by atoms with E-state index in [9.17, 15) is 8.42 Å². The van der Waals surface area contributed by atoms with Gasteiger partial charge in [-0.1, -0.05) is 91.0 Å². The molecule has 0 saturated heterocycles. The fourth-order valence-corrected chi connectivity index (χ4v) is 4.61. The van der Waals surface area contributed by atoms with Gasteiger partial charge in [0.15, 0.2) is 0 Å². The van der Waals surface area contributed by atoms with Crippen LogP contribution in [-0.2, 0) is 16.4 Å². The molecule has 28 heavy (non-hydrogen) atoms. The van der Waals surface area contributed by atoms with E-state index in [4.69, 9.17) is 0 Å². The lowest BCUT2D eigenvalue weighted by molar-refractivity contribution is 0.555. The number of benzene rings is 4. The predicted molar refractivity (Wildman–Crippen MR) is 114 cm³/mol. The summed E-state index contributed by atoms with van der Waals surface area (Å²) in [7, 11) is -3.67. The van der Waals surface area contributed by atoms with Crippen molar-refractivity contribution in [2.24, 2.45) is 0 Å². The van der Waals surface area contributed by atoms with Crippen molar-refractivity contribution in [2.45, 2.75) is 17.4 Å². The first-order chi connectivity index (χ1) is 13.6. The minimum atomic E-state index is -3.67. The molecule has 0 amide bonds. The van der Waals surface area contributed by atoms with Crippen molar-refractivity contribution in [2.75, 3.05) is 0 Å². The third-order valence-electron chi connectivity index (χ3n) is 4.81. The van der Waals surface area contributed by atoms with Crippen LogP contribution in [0.25, 0.3) is 10.8 Å². The van der Waals surface area contributed by atoms with Crippen molar-refractivity contribution < 1.29 is 8.42 Å². The monoisotopic (exact) mass is 387 g/mol. The fourth-order valence-electron chi connectivity index (χ4n) is 3.35. The molecule has 0 unspecified atom stereocenters. The van der Waals surface area contributed by atoms with Crippen molar-refractivity contribution in [3.8, 4) is 0 Å². The molecule has 0 fully saturated rings. The largest absolute Gasteiger partial charge is 0.241 e. The number of fused-ring (bicyclic) bond motifs is 1. The van der Waals surface area contributed by atoms with E-state index in [1.165, 1.54) is 0 Å². The Morgan fingerprint density at radius 3 is 2.00 bits per heavy atom. The van der Waals surface area contributed by atoms with Gasteiger partial charge in [0.05, 0.1) is 10.9 Å². The van der Waals surface area contributed by atoms with Crippen LogP contribution in [0.5, 0.6) is 0 Å². The Balaban J connectivity index is 1.68. The zero-order valence-corrected chi connectivity index (χ0v) is 16.1. The highest BCUT2D eigenvalue weighted by Crippen LogP contribution is 2.24. The van der Waals surface area contributed by atoms with Crippen molar-refractivity contribution in [3.63, 3.8) is 0 Å². The Hall–Kier alpha value is -2.95. The molecule has 0 saturated carbocycles. The molecular formula is C24H21NO2S. The Kier molecular flexibility index (Phi) is 5.24. The number of rotatable bonds is 6. The van der Waals surface area contributed by atoms with Gasteiger partial charge in [0.2, 0.25) is 10.0 Å². The molecule has 0 spiro atoms. The normalized spacial score (nSPS) is 12.7. The Labute approximate surface area is 165 Å². The predicted octanol–water partition coefficient (Wildman–Crippen LogP) is 5.10. The number of hydrogen-bond acceptors (Lipinski definition) is 2. The molecule has 0 aromatic heterocycles. The van der Waals surface area contributed by atoms with Crippen LogP contribution in [0.1, 0.15) is 17.2 Å². The molecule has 4 rings (SSSR count). The van der Waals surface area contributed by atoms with E-state index in [0.29, 0.717) is 6.42 Å². The molecule has 0 heterocycles. The third kappa shape index (κ3) is 4.14. The quantitative estimate of drug-likeness (QED) is 0.500. The van der Waals surface area contributed by atoms with Crippen molar-refractivity contribution >= 4 is 20.8 Å². The van der Waals surface area contributed by atoms with E-state index in [0.717, 1.165) is 21.9 Å². The van der Waals surface area contributed by atoms with E-state index < -0.39 is 10.0 Å². The maximum absolute atomic E-state index is 13.1. The van der Waals surface area contributed by atoms with E-state index in [1.807, 2.05) is 91.0 Å². The summed E-state index contributed by atoms with van der Waals surface area (Å²) >= 11 is 0. The molecule has 0 aliphatic rings. The first-order valence-electron chi connectivity index (χ1n) is 9.22. The van der Waals surface area contributed by atoms with Gasteiger partial charge in [-0.15, -0.1) is 0 Å². The molecular weight excluding hydrogens is 366 g/mol.